The van der Waals surface area contributed by atoms with Crippen LogP contribution in [0.3, 0.4) is 0 Å². The highest BCUT2D eigenvalue weighted by Gasteiger charge is 2.36. The van der Waals surface area contributed by atoms with Gasteiger partial charge in [-0.15, -0.1) is 0 Å². The minimum Gasteiger partial charge on any atom is -0.393 e. The number of benzene rings is 1. The second kappa shape index (κ2) is 11.0. The zero-order chi connectivity index (χ0) is 25.9. The quantitative estimate of drug-likeness (QED) is 0.383. The average molecular weight is 507 g/mol. The van der Waals surface area contributed by atoms with Crippen molar-refractivity contribution >= 4 is 23.2 Å². The minimum atomic E-state index is -4.53. The van der Waals surface area contributed by atoms with E-state index in [0.717, 1.165) is 18.9 Å². The molecule has 1 aliphatic carbocycles. The van der Waals surface area contributed by atoms with Gasteiger partial charge in [-0.2, -0.15) is 13.2 Å². The van der Waals surface area contributed by atoms with E-state index in [1.54, 1.807) is 6.07 Å². The molecule has 2 aliphatic rings. The second-order valence-corrected chi connectivity index (χ2v) is 9.53. The van der Waals surface area contributed by atoms with Gasteiger partial charge in [0.15, 0.2) is 11.5 Å². The molecule has 8 nitrogen and oxygen atoms in total. The maximum atomic E-state index is 14.0. The maximum absolute atomic E-state index is 14.0. The van der Waals surface area contributed by atoms with Crippen molar-refractivity contribution in [3.63, 3.8) is 0 Å². The Hall–Kier alpha value is -2.92. The molecule has 2 fully saturated rings. The van der Waals surface area contributed by atoms with Crippen LogP contribution in [-0.4, -0.2) is 46.2 Å². The van der Waals surface area contributed by atoms with Crippen molar-refractivity contribution in [2.75, 3.05) is 23.7 Å². The Kier molecular flexibility index (Phi) is 7.99. The third-order valence-corrected chi connectivity index (χ3v) is 6.97. The molecule has 0 unspecified atom stereocenters. The van der Waals surface area contributed by atoms with E-state index in [1.165, 1.54) is 6.07 Å². The molecule has 1 saturated carbocycles. The summed E-state index contributed by atoms with van der Waals surface area (Å²) in [6, 6.07) is 4.21. The number of amides is 1. The van der Waals surface area contributed by atoms with Gasteiger partial charge in [0, 0.05) is 11.7 Å². The third-order valence-electron chi connectivity index (χ3n) is 6.97. The second-order valence-electron chi connectivity index (χ2n) is 9.53. The summed E-state index contributed by atoms with van der Waals surface area (Å²) >= 11 is 0. The number of alkyl halides is 3. The van der Waals surface area contributed by atoms with Crippen LogP contribution in [0.1, 0.15) is 78.7 Å². The number of nitrogens with zero attached hydrogens (tertiary/aromatic N) is 2. The van der Waals surface area contributed by atoms with Gasteiger partial charge >= 0.3 is 6.18 Å². The number of aliphatic hydroxyl groups is 1. The Balaban J connectivity index is 1.67. The first-order valence-electron chi connectivity index (χ1n) is 12.5. The lowest BCUT2D eigenvalue weighted by molar-refractivity contribution is -0.138. The molecule has 196 valence electrons. The molecule has 0 spiro atoms. The van der Waals surface area contributed by atoms with Gasteiger partial charge in [0.1, 0.15) is 5.82 Å². The number of aryl methyl sites for hydroxylation is 1. The molecule has 1 amide bonds. The van der Waals surface area contributed by atoms with Crippen LogP contribution in [0.4, 0.5) is 30.5 Å². The van der Waals surface area contributed by atoms with Crippen LogP contribution >= 0.6 is 0 Å². The summed E-state index contributed by atoms with van der Waals surface area (Å²) < 4.78 is 42.0. The first-order valence-corrected chi connectivity index (χ1v) is 12.5. The number of anilines is 3. The fourth-order valence-electron chi connectivity index (χ4n) is 5.01. The van der Waals surface area contributed by atoms with Crippen molar-refractivity contribution < 1.29 is 23.1 Å². The summed E-state index contributed by atoms with van der Waals surface area (Å²) in [7, 11) is 0. The molecule has 4 rings (SSSR count). The van der Waals surface area contributed by atoms with E-state index < -0.39 is 17.6 Å². The summed E-state index contributed by atoms with van der Waals surface area (Å²) in [5.74, 6) is -0.546. The highest BCUT2D eigenvalue weighted by molar-refractivity contribution is 5.96. The number of hydrogen-bond acceptors (Lipinski definition) is 7. The number of piperidine rings is 1. The zero-order valence-corrected chi connectivity index (χ0v) is 20.3. The van der Waals surface area contributed by atoms with Crippen molar-refractivity contribution in [1.29, 1.82) is 0 Å². The Morgan fingerprint density at radius 1 is 1.11 bits per heavy atom. The van der Waals surface area contributed by atoms with Crippen molar-refractivity contribution in [1.82, 2.24) is 15.3 Å². The molecular formula is C25H33F3N6O2. The smallest absolute Gasteiger partial charge is 0.393 e. The number of rotatable bonds is 7. The summed E-state index contributed by atoms with van der Waals surface area (Å²) in [4.78, 5) is 21.1. The molecule has 0 radical (unpaired) electrons. The van der Waals surface area contributed by atoms with Crippen LogP contribution in [0.25, 0.3) is 0 Å². The van der Waals surface area contributed by atoms with Gasteiger partial charge in [-0.1, -0.05) is 13.0 Å². The predicted molar refractivity (Wildman–Crippen MR) is 131 cm³/mol. The monoisotopic (exact) mass is 506 g/mol. The van der Waals surface area contributed by atoms with E-state index in [9.17, 15) is 23.1 Å². The molecule has 1 aliphatic heterocycles. The fraction of sp³-hybridized carbons (Fsp3) is 0.560. The molecule has 6 N–H and O–H groups in total. The fourth-order valence-corrected chi connectivity index (χ4v) is 5.01. The summed E-state index contributed by atoms with van der Waals surface area (Å²) in [5.41, 5.74) is 5.68. The van der Waals surface area contributed by atoms with E-state index >= 15 is 0 Å². The predicted octanol–water partition coefficient (Wildman–Crippen LogP) is 4.08. The molecule has 1 aromatic heterocycles. The van der Waals surface area contributed by atoms with Crippen LogP contribution in [0, 0.1) is 0 Å². The Labute approximate surface area is 208 Å². The minimum absolute atomic E-state index is 0.000727. The van der Waals surface area contributed by atoms with Gasteiger partial charge in [0.2, 0.25) is 0 Å². The van der Waals surface area contributed by atoms with E-state index in [0.29, 0.717) is 56.7 Å². The van der Waals surface area contributed by atoms with Gasteiger partial charge < -0.3 is 26.8 Å². The maximum Gasteiger partial charge on any atom is 0.416 e. The number of halogens is 3. The summed E-state index contributed by atoms with van der Waals surface area (Å²) in [6.07, 6.45) is -0.253. The lowest BCUT2D eigenvalue weighted by Gasteiger charge is -2.27. The standard InChI is InChI=1S/C25H33F3N6O2/c1-2-20-23(31-15-3-6-17(35)7-4-15)34-24(21(33-20)22(29)36)32-16-5-8-18(14-9-11-30-12-10-14)19(13-16)25(26,27)28/h5,8,13-15,17,30,35H,2-4,6-7,9-12H2,1H3,(H2,29,36)(H2,31,32,34)/t15-,17-. The number of aliphatic hydroxyl groups excluding tert-OH is 1. The lowest BCUT2D eigenvalue weighted by Crippen LogP contribution is -2.29. The van der Waals surface area contributed by atoms with Gasteiger partial charge in [-0.25, -0.2) is 9.97 Å². The highest BCUT2D eigenvalue weighted by Crippen LogP contribution is 2.40. The Morgan fingerprint density at radius 2 is 1.81 bits per heavy atom. The third kappa shape index (κ3) is 6.07. The largest absolute Gasteiger partial charge is 0.416 e. The van der Waals surface area contributed by atoms with Gasteiger partial charge in [-0.05, 0) is 81.6 Å². The van der Waals surface area contributed by atoms with Crippen molar-refractivity contribution in [3.05, 3.63) is 40.7 Å². The Bertz CT molecular complexity index is 1080. The first-order chi connectivity index (χ1) is 17.2. The molecule has 1 aromatic carbocycles. The van der Waals surface area contributed by atoms with Crippen LogP contribution in [0.5, 0.6) is 0 Å². The number of nitrogens with one attached hydrogen (secondary N) is 3. The molecule has 1 saturated heterocycles. The van der Waals surface area contributed by atoms with E-state index in [-0.39, 0.29) is 40.8 Å². The number of aromatic nitrogens is 2. The van der Waals surface area contributed by atoms with Crippen molar-refractivity contribution in [3.8, 4) is 0 Å². The number of carbonyl (C=O) groups excluding carboxylic acids is 1. The molecule has 2 heterocycles. The molecule has 11 heteroatoms. The topological polar surface area (TPSA) is 125 Å². The van der Waals surface area contributed by atoms with Crippen LogP contribution in [0.2, 0.25) is 0 Å². The van der Waals surface area contributed by atoms with E-state index in [4.69, 9.17) is 5.73 Å². The van der Waals surface area contributed by atoms with E-state index in [1.807, 2.05) is 6.92 Å². The number of hydrogen-bond donors (Lipinski definition) is 5. The number of carbonyl (C=O) groups is 1. The number of nitrogens with two attached hydrogens (primary N) is 1. The molecule has 36 heavy (non-hydrogen) atoms. The van der Waals surface area contributed by atoms with E-state index in [2.05, 4.69) is 25.9 Å². The van der Waals surface area contributed by atoms with Gasteiger partial charge in [0.25, 0.3) is 5.91 Å². The van der Waals surface area contributed by atoms with Gasteiger partial charge in [-0.3, -0.25) is 4.79 Å². The molecule has 0 bridgehead atoms. The van der Waals surface area contributed by atoms with Crippen LogP contribution < -0.4 is 21.7 Å². The number of primary amides is 1. The normalized spacial score (nSPS) is 21.2. The molecule has 0 atom stereocenters. The molecule has 2 aromatic rings. The van der Waals surface area contributed by atoms with Crippen LogP contribution in [-0.2, 0) is 12.6 Å². The first kappa shape index (κ1) is 26.2. The highest BCUT2D eigenvalue weighted by atomic mass is 19.4. The molecular weight excluding hydrogens is 473 g/mol. The van der Waals surface area contributed by atoms with Crippen molar-refractivity contribution in [2.24, 2.45) is 5.73 Å². The van der Waals surface area contributed by atoms with Crippen molar-refractivity contribution in [2.45, 2.75) is 76.1 Å². The van der Waals surface area contributed by atoms with Gasteiger partial charge in [0.05, 0.1) is 17.4 Å². The average Bonchev–Trinajstić information content (AvgIpc) is 2.85. The summed E-state index contributed by atoms with van der Waals surface area (Å²) in [6.45, 7) is 3.23. The Morgan fingerprint density at radius 3 is 2.42 bits per heavy atom. The summed E-state index contributed by atoms with van der Waals surface area (Å²) in [5, 5.41) is 19.2. The zero-order valence-electron chi connectivity index (χ0n) is 20.3. The van der Waals surface area contributed by atoms with Crippen LogP contribution in [0.15, 0.2) is 18.2 Å². The SMILES string of the molecule is CCc1nc(C(N)=O)c(Nc2ccc(C3CCNCC3)c(C(F)(F)F)c2)nc1N[C@H]1CC[C@H](O)CC1. The lowest BCUT2D eigenvalue weighted by atomic mass is 9.86.